The van der Waals surface area contributed by atoms with E-state index in [4.69, 9.17) is 0 Å². The Morgan fingerprint density at radius 3 is 2.22 bits per heavy atom. The van der Waals surface area contributed by atoms with Crippen molar-refractivity contribution < 1.29 is 0 Å². The summed E-state index contributed by atoms with van der Waals surface area (Å²) in [7, 11) is 0. The Balaban J connectivity index is 1.79. The topological polar surface area (TPSA) is 0 Å². The molecule has 106 valence electrons. The molecule has 2 saturated carbocycles. The Morgan fingerprint density at radius 2 is 1.44 bits per heavy atom. The maximum absolute atomic E-state index is 2.52. The second-order valence-electron chi connectivity index (χ2n) is 7.76. The molecule has 0 heterocycles. The van der Waals surface area contributed by atoms with Crippen LogP contribution >= 0.6 is 0 Å². The molecule has 2 aliphatic rings. The third-order valence-electron chi connectivity index (χ3n) is 6.41. The predicted molar refractivity (Wildman–Crippen MR) is 80.6 cm³/mol. The minimum atomic E-state index is 0.978. The third-order valence-corrected chi connectivity index (χ3v) is 6.41. The van der Waals surface area contributed by atoms with Gasteiger partial charge in [-0.25, -0.2) is 0 Å². The standard InChI is InChI=1S/C18H34/c1-13-8-9-15(3)18(12-13)11-10-17-7-5-6-14(2)16(17)4/h13-18H,5-12H2,1-4H3. The van der Waals surface area contributed by atoms with Gasteiger partial charge in [0.05, 0.1) is 0 Å². The highest BCUT2D eigenvalue weighted by molar-refractivity contribution is 4.81. The molecule has 0 aromatic rings. The summed E-state index contributed by atoms with van der Waals surface area (Å²) >= 11 is 0. The molecule has 0 nitrogen and oxygen atoms in total. The second kappa shape index (κ2) is 6.44. The fraction of sp³-hybridized carbons (Fsp3) is 1.00. The first-order valence-electron chi connectivity index (χ1n) is 8.58. The molecule has 0 heteroatoms. The molecule has 0 radical (unpaired) electrons. The monoisotopic (exact) mass is 250 g/mol. The molecule has 0 spiro atoms. The number of rotatable bonds is 3. The maximum Gasteiger partial charge on any atom is -0.0386 e. The van der Waals surface area contributed by atoms with Gasteiger partial charge in [-0.1, -0.05) is 59.8 Å². The average molecular weight is 250 g/mol. The molecule has 0 bridgehead atoms. The van der Waals surface area contributed by atoms with Gasteiger partial charge in [-0.05, 0) is 54.8 Å². The van der Waals surface area contributed by atoms with Crippen molar-refractivity contribution >= 4 is 0 Å². The fourth-order valence-corrected chi connectivity index (χ4v) is 4.58. The van der Waals surface area contributed by atoms with Crippen molar-refractivity contribution in [2.45, 2.75) is 79.1 Å². The van der Waals surface area contributed by atoms with Gasteiger partial charge in [0.2, 0.25) is 0 Å². The normalized spacial score (nSPS) is 46.0. The largest absolute Gasteiger partial charge is 0.0625 e. The SMILES string of the molecule is CC1CCC(C)C(CCC2CCCC(C)C2C)C1. The Labute approximate surface area is 115 Å². The lowest BCUT2D eigenvalue weighted by molar-refractivity contribution is 0.136. The molecule has 0 aliphatic heterocycles. The van der Waals surface area contributed by atoms with E-state index in [9.17, 15) is 0 Å². The quantitative estimate of drug-likeness (QED) is 0.584. The number of hydrogen-bond acceptors (Lipinski definition) is 0. The lowest BCUT2D eigenvalue weighted by atomic mass is 9.68. The summed E-state index contributed by atoms with van der Waals surface area (Å²) in [5, 5.41) is 0. The van der Waals surface area contributed by atoms with E-state index in [2.05, 4.69) is 27.7 Å². The second-order valence-corrected chi connectivity index (χ2v) is 7.76. The molecular formula is C18H34. The summed E-state index contributed by atoms with van der Waals surface area (Å²) in [6.45, 7) is 9.96. The molecule has 0 amide bonds. The van der Waals surface area contributed by atoms with E-state index >= 15 is 0 Å². The molecule has 2 fully saturated rings. The van der Waals surface area contributed by atoms with Crippen LogP contribution in [0.2, 0.25) is 0 Å². The van der Waals surface area contributed by atoms with Crippen LogP contribution in [0, 0.1) is 35.5 Å². The maximum atomic E-state index is 2.52. The van der Waals surface area contributed by atoms with Crippen molar-refractivity contribution in [2.75, 3.05) is 0 Å². The van der Waals surface area contributed by atoms with E-state index in [0.29, 0.717) is 0 Å². The summed E-state index contributed by atoms with van der Waals surface area (Å²) < 4.78 is 0. The zero-order valence-electron chi connectivity index (χ0n) is 13.1. The first kappa shape index (κ1) is 14.4. The molecule has 2 aliphatic carbocycles. The molecule has 0 saturated heterocycles. The minimum absolute atomic E-state index is 0.978. The van der Waals surface area contributed by atoms with Gasteiger partial charge in [-0.15, -0.1) is 0 Å². The highest BCUT2D eigenvalue weighted by atomic mass is 14.4. The van der Waals surface area contributed by atoms with Gasteiger partial charge < -0.3 is 0 Å². The van der Waals surface area contributed by atoms with E-state index in [1.54, 1.807) is 0 Å². The summed E-state index contributed by atoms with van der Waals surface area (Å²) in [5.41, 5.74) is 0. The van der Waals surface area contributed by atoms with E-state index in [0.717, 1.165) is 35.5 Å². The molecule has 0 N–H and O–H groups in total. The van der Waals surface area contributed by atoms with Crippen LogP contribution in [0.15, 0.2) is 0 Å². The lowest BCUT2D eigenvalue weighted by Crippen LogP contribution is -2.27. The van der Waals surface area contributed by atoms with Gasteiger partial charge in [0.1, 0.15) is 0 Å². The highest BCUT2D eigenvalue weighted by Crippen LogP contribution is 2.41. The average Bonchev–Trinajstić information content (AvgIpc) is 2.35. The van der Waals surface area contributed by atoms with Crippen LogP contribution in [0.4, 0.5) is 0 Å². The Morgan fingerprint density at radius 1 is 0.722 bits per heavy atom. The van der Waals surface area contributed by atoms with Gasteiger partial charge in [-0.3, -0.25) is 0 Å². The van der Waals surface area contributed by atoms with Crippen LogP contribution in [0.5, 0.6) is 0 Å². The van der Waals surface area contributed by atoms with E-state index in [1.807, 2.05) is 0 Å². The first-order valence-corrected chi connectivity index (χ1v) is 8.58. The zero-order valence-corrected chi connectivity index (χ0v) is 13.1. The molecule has 6 unspecified atom stereocenters. The number of hydrogen-bond donors (Lipinski definition) is 0. The summed E-state index contributed by atoms with van der Waals surface area (Å²) in [6.07, 6.45) is 12.0. The van der Waals surface area contributed by atoms with Crippen LogP contribution in [0.25, 0.3) is 0 Å². The van der Waals surface area contributed by atoms with Crippen LogP contribution in [0.3, 0.4) is 0 Å². The van der Waals surface area contributed by atoms with Gasteiger partial charge in [0.15, 0.2) is 0 Å². The molecule has 2 rings (SSSR count). The van der Waals surface area contributed by atoms with E-state index in [-0.39, 0.29) is 0 Å². The van der Waals surface area contributed by atoms with Crippen molar-refractivity contribution in [3.63, 3.8) is 0 Å². The molecule has 6 atom stereocenters. The Hall–Kier alpha value is 0. The van der Waals surface area contributed by atoms with Crippen molar-refractivity contribution in [3.05, 3.63) is 0 Å². The van der Waals surface area contributed by atoms with Crippen molar-refractivity contribution in [2.24, 2.45) is 35.5 Å². The van der Waals surface area contributed by atoms with Crippen LogP contribution < -0.4 is 0 Å². The molecule has 0 aromatic carbocycles. The Kier molecular flexibility index (Phi) is 5.15. The predicted octanol–water partition coefficient (Wildman–Crippen LogP) is 5.91. The fourth-order valence-electron chi connectivity index (χ4n) is 4.58. The van der Waals surface area contributed by atoms with Crippen LogP contribution in [-0.2, 0) is 0 Å². The van der Waals surface area contributed by atoms with E-state index < -0.39 is 0 Å². The van der Waals surface area contributed by atoms with Crippen LogP contribution in [0.1, 0.15) is 79.1 Å². The summed E-state index contributed by atoms with van der Waals surface area (Å²) in [4.78, 5) is 0. The summed E-state index contributed by atoms with van der Waals surface area (Å²) in [6, 6.07) is 0. The van der Waals surface area contributed by atoms with Crippen molar-refractivity contribution in [1.29, 1.82) is 0 Å². The summed E-state index contributed by atoms with van der Waals surface area (Å²) in [5.74, 6) is 6.03. The lowest BCUT2D eigenvalue weighted by Gasteiger charge is -2.37. The minimum Gasteiger partial charge on any atom is -0.0625 e. The smallest absolute Gasteiger partial charge is 0.0386 e. The Bertz CT molecular complexity index is 242. The van der Waals surface area contributed by atoms with Gasteiger partial charge >= 0.3 is 0 Å². The van der Waals surface area contributed by atoms with E-state index in [1.165, 1.54) is 51.4 Å². The molecule has 18 heavy (non-hydrogen) atoms. The van der Waals surface area contributed by atoms with Crippen molar-refractivity contribution in [1.82, 2.24) is 0 Å². The van der Waals surface area contributed by atoms with Gasteiger partial charge in [0, 0.05) is 0 Å². The zero-order chi connectivity index (χ0) is 13.1. The molecular weight excluding hydrogens is 216 g/mol. The van der Waals surface area contributed by atoms with Gasteiger partial charge in [-0.2, -0.15) is 0 Å². The first-order chi connectivity index (χ1) is 8.58. The third kappa shape index (κ3) is 3.52. The molecule has 0 aromatic heterocycles. The van der Waals surface area contributed by atoms with Gasteiger partial charge in [0.25, 0.3) is 0 Å². The van der Waals surface area contributed by atoms with Crippen molar-refractivity contribution in [3.8, 4) is 0 Å². The van der Waals surface area contributed by atoms with Crippen LogP contribution in [-0.4, -0.2) is 0 Å². The highest BCUT2D eigenvalue weighted by Gasteiger charge is 2.30.